The minimum atomic E-state index is -1.43. The number of hydrogen-bond acceptors (Lipinski definition) is 5. The van der Waals surface area contributed by atoms with Gasteiger partial charge in [0.2, 0.25) is 23.6 Å². The maximum absolute atomic E-state index is 15.2. The number of carbonyl (C=O) groups is 4. The lowest BCUT2D eigenvalue weighted by molar-refractivity contribution is -0.141. The first-order chi connectivity index (χ1) is 22.8. The van der Waals surface area contributed by atoms with Crippen LogP contribution in [0.4, 0.5) is 5.69 Å². The molecule has 0 bridgehead atoms. The fourth-order valence-corrected chi connectivity index (χ4v) is 8.99. The van der Waals surface area contributed by atoms with E-state index < -0.39 is 40.9 Å². The van der Waals surface area contributed by atoms with Gasteiger partial charge in [-0.1, -0.05) is 108 Å². The van der Waals surface area contributed by atoms with E-state index in [1.54, 1.807) is 48.5 Å². The first kappa shape index (κ1) is 29.4. The van der Waals surface area contributed by atoms with Crippen molar-refractivity contribution in [3.63, 3.8) is 0 Å². The van der Waals surface area contributed by atoms with Gasteiger partial charge in [-0.15, -0.1) is 0 Å². The molecule has 1 saturated carbocycles. The van der Waals surface area contributed by atoms with Gasteiger partial charge in [-0.25, -0.2) is 4.90 Å². The van der Waals surface area contributed by atoms with E-state index in [1.165, 1.54) is 9.80 Å². The molecule has 2 aliphatic carbocycles. The van der Waals surface area contributed by atoms with Gasteiger partial charge in [-0.2, -0.15) is 0 Å². The lowest BCUT2D eigenvalue weighted by atomic mass is 9.49. The molecule has 4 aromatic carbocycles. The third kappa shape index (κ3) is 4.26. The number of para-hydroxylation sites is 1. The van der Waals surface area contributed by atoms with Gasteiger partial charge >= 0.3 is 0 Å². The normalized spacial score (nSPS) is 28.2. The van der Waals surface area contributed by atoms with Gasteiger partial charge in [0, 0.05) is 16.5 Å². The molecular formula is C39H31ClN2O5. The number of likely N-dealkylation sites (tertiary alicyclic amines) is 1. The van der Waals surface area contributed by atoms with E-state index in [1.807, 2.05) is 66.7 Å². The quantitative estimate of drug-likeness (QED) is 0.201. The molecule has 4 amide bonds. The number of phenols is 1. The number of imide groups is 2. The van der Waals surface area contributed by atoms with E-state index in [9.17, 15) is 19.5 Å². The second-order valence-corrected chi connectivity index (χ2v) is 13.3. The molecule has 47 heavy (non-hydrogen) atoms. The van der Waals surface area contributed by atoms with Crippen molar-refractivity contribution in [1.82, 2.24) is 4.90 Å². The third-order valence-electron chi connectivity index (χ3n) is 10.7. The topological polar surface area (TPSA) is 95.0 Å². The fourth-order valence-electron chi connectivity index (χ4n) is 8.81. The maximum Gasteiger partial charge on any atom is 0.246 e. The van der Waals surface area contributed by atoms with Crippen LogP contribution >= 0.6 is 11.6 Å². The SMILES string of the molecule is O=C1C2CC=C3C(CC4C(=O)N(c5cccc(Cl)c5)C(=O)C4(c4ccccc4)C3c3ccccc3O)C2C(=O)N1Cc1ccccc1. The molecule has 6 atom stereocenters. The van der Waals surface area contributed by atoms with Gasteiger partial charge in [0.25, 0.3) is 0 Å². The Morgan fingerprint density at radius 1 is 0.766 bits per heavy atom. The van der Waals surface area contributed by atoms with Crippen molar-refractivity contribution >= 4 is 40.9 Å². The van der Waals surface area contributed by atoms with Crippen LogP contribution in [0.2, 0.25) is 5.02 Å². The predicted molar refractivity (Wildman–Crippen MR) is 176 cm³/mol. The Bertz CT molecular complexity index is 1980. The Morgan fingerprint density at radius 2 is 1.47 bits per heavy atom. The van der Waals surface area contributed by atoms with Crippen LogP contribution in [0.25, 0.3) is 0 Å². The molecule has 3 fully saturated rings. The van der Waals surface area contributed by atoms with Crippen molar-refractivity contribution in [3.8, 4) is 5.75 Å². The first-order valence-electron chi connectivity index (χ1n) is 15.9. The van der Waals surface area contributed by atoms with Crippen LogP contribution in [0.15, 0.2) is 121 Å². The Labute approximate surface area is 277 Å². The molecule has 0 spiro atoms. The number of hydrogen-bond donors (Lipinski definition) is 1. The van der Waals surface area contributed by atoms with E-state index in [4.69, 9.17) is 11.6 Å². The van der Waals surface area contributed by atoms with E-state index in [2.05, 4.69) is 0 Å². The van der Waals surface area contributed by atoms with Gasteiger partial charge in [-0.05, 0) is 54.2 Å². The Balaban J connectivity index is 1.33. The third-order valence-corrected chi connectivity index (χ3v) is 10.9. The summed E-state index contributed by atoms with van der Waals surface area (Å²) in [6, 6.07) is 32.3. The van der Waals surface area contributed by atoms with Crippen molar-refractivity contribution in [2.45, 2.75) is 30.7 Å². The summed E-state index contributed by atoms with van der Waals surface area (Å²) in [5.74, 6) is -4.67. The van der Waals surface area contributed by atoms with Crippen LogP contribution in [0, 0.1) is 23.7 Å². The smallest absolute Gasteiger partial charge is 0.246 e. The van der Waals surface area contributed by atoms with Crippen LogP contribution in [-0.2, 0) is 31.1 Å². The molecule has 4 aliphatic rings. The molecular weight excluding hydrogens is 612 g/mol. The molecule has 6 unspecified atom stereocenters. The van der Waals surface area contributed by atoms with Gasteiger partial charge in [0.1, 0.15) is 5.75 Å². The van der Waals surface area contributed by atoms with Crippen molar-refractivity contribution in [1.29, 1.82) is 0 Å². The summed E-state index contributed by atoms with van der Waals surface area (Å²) in [5.41, 5.74) is 1.76. The van der Waals surface area contributed by atoms with Gasteiger partial charge in [0.05, 0.1) is 35.4 Å². The minimum absolute atomic E-state index is 0.00351. The molecule has 2 aliphatic heterocycles. The Kier molecular flexibility index (Phi) is 6.92. The van der Waals surface area contributed by atoms with E-state index >= 15 is 4.79 Å². The highest BCUT2D eigenvalue weighted by atomic mass is 35.5. The van der Waals surface area contributed by atoms with Crippen molar-refractivity contribution in [2.75, 3.05) is 4.90 Å². The largest absolute Gasteiger partial charge is 0.508 e. The van der Waals surface area contributed by atoms with E-state index in [0.29, 0.717) is 28.3 Å². The molecule has 8 rings (SSSR count). The number of benzene rings is 4. The molecule has 7 nitrogen and oxygen atoms in total. The molecule has 234 valence electrons. The zero-order valence-corrected chi connectivity index (χ0v) is 26.1. The van der Waals surface area contributed by atoms with E-state index in [-0.39, 0.29) is 36.4 Å². The number of allylic oxidation sites excluding steroid dienone is 2. The predicted octanol–water partition coefficient (Wildman–Crippen LogP) is 6.41. The van der Waals surface area contributed by atoms with Crippen molar-refractivity contribution < 1.29 is 24.3 Å². The average molecular weight is 643 g/mol. The molecule has 2 saturated heterocycles. The number of fused-ring (bicyclic) bond motifs is 4. The molecule has 8 heteroatoms. The Morgan fingerprint density at radius 3 is 2.19 bits per heavy atom. The number of carbonyl (C=O) groups excluding carboxylic acids is 4. The fraction of sp³-hybridized carbons (Fsp3) is 0.231. The second-order valence-electron chi connectivity index (χ2n) is 12.9. The number of amides is 4. The zero-order chi connectivity index (χ0) is 32.4. The van der Waals surface area contributed by atoms with Gasteiger partial charge < -0.3 is 5.11 Å². The van der Waals surface area contributed by atoms with Gasteiger partial charge in [0.15, 0.2) is 0 Å². The molecule has 2 heterocycles. The number of anilines is 1. The summed E-state index contributed by atoms with van der Waals surface area (Å²) >= 11 is 6.36. The lowest BCUT2D eigenvalue weighted by Crippen LogP contribution is -2.53. The van der Waals surface area contributed by atoms with Crippen LogP contribution in [-0.4, -0.2) is 33.6 Å². The summed E-state index contributed by atoms with van der Waals surface area (Å²) in [4.78, 5) is 60.6. The molecule has 0 aromatic heterocycles. The maximum atomic E-state index is 15.2. The number of nitrogens with zero attached hydrogens (tertiary/aromatic N) is 2. The zero-order valence-electron chi connectivity index (χ0n) is 25.3. The molecule has 1 N–H and O–H groups in total. The Hall–Kier alpha value is -5.01. The monoisotopic (exact) mass is 642 g/mol. The van der Waals surface area contributed by atoms with E-state index in [0.717, 1.165) is 11.1 Å². The highest BCUT2D eigenvalue weighted by Crippen LogP contribution is 2.65. The number of phenolic OH excluding ortho intramolecular Hbond substituents is 1. The summed E-state index contributed by atoms with van der Waals surface area (Å²) in [7, 11) is 0. The number of halogens is 1. The van der Waals surface area contributed by atoms with Crippen LogP contribution < -0.4 is 4.90 Å². The highest BCUT2D eigenvalue weighted by molar-refractivity contribution is 6.32. The van der Waals surface area contributed by atoms with Crippen LogP contribution in [0.5, 0.6) is 5.75 Å². The standard InChI is InChI=1S/C39H31ClN2O5/c40-25-14-9-15-26(20-25)42-36(45)31-21-30-27(18-19-29-33(30)37(46)41(35(29)44)22-23-10-3-1-4-11-23)34(28-16-7-8-17-32(28)43)39(31,38(42)47)24-12-5-2-6-13-24/h1-18,20,29-31,33-34,43H,19,21-22H2. The minimum Gasteiger partial charge on any atom is -0.508 e. The lowest BCUT2D eigenvalue weighted by Gasteiger charge is -2.50. The number of aromatic hydroxyl groups is 1. The van der Waals surface area contributed by atoms with Crippen molar-refractivity contribution in [3.05, 3.63) is 143 Å². The first-order valence-corrected chi connectivity index (χ1v) is 16.3. The molecule has 0 radical (unpaired) electrons. The summed E-state index contributed by atoms with van der Waals surface area (Å²) in [5, 5.41) is 11.8. The number of rotatable bonds is 5. The van der Waals surface area contributed by atoms with Crippen LogP contribution in [0.1, 0.15) is 35.4 Å². The van der Waals surface area contributed by atoms with Gasteiger partial charge in [-0.3, -0.25) is 24.1 Å². The summed E-state index contributed by atoms with van der Waals surface area (Å²) < 4.78 is 0. The average Bonchev–Trinajstić information content (AvgIpc) is 3.46. The van der Waals surface area contributed by atoms with Crippen LogP contribution in [0.3, 0.4) is 0 Å². The summed E-state index contributed by atoms with van der Waals surface area (Å²) in [6.07, 6.45) is 2.53. The summed E-state index contributed by atoms with van der Waals surface area (Å²) in [6.45, 7) is 0.174. The van der Waals surface area contributed by atoms with Crippen molar-refractivity contribution in [2.24, 2.45) is 23.7 Å². The molecule has 4 aromatic rings. The second kappa shape index (κ2) is 11.1. The highest BCUT2D eigenvalue weighted by Gasteiger charge is 2.70.